The Labute approximate surface area is 115 Å². The third kappa shape index (κ3) is 1.70. The topological polar surface area (TPSA) is 26.3 Å². The SMILES string of the molecule is O=C1c2c(ccc3c(Br)cccc23)OCC1Br. The number of carbonyl (C=O) groups is 1. The number of hydrogen-bond acceptors (Lipinski definition) is 2. The first-order valence-corrected chi connectivity index (χ1v) is 6.91. The molecule has 1 aliphatic heterocycles. The summed E-state index contributed by atoms with van der Waals surface area (Å²) >= 11 is 6.84. The summed E-state index contributed by atoms with van der Waals surface area (Å²) in [6.45, 7) is 0.394. The molecule has 0 aromatic heterocycles. The molecular weight excluding hydrogens is 348 g/mol. The highest BCUT2D eigenvalue weighted by Gasteiger charge is 2.28. The Morgan fingerprint density at radius 1 is 1.18 bits per heavy atom. The zero-order valence-electron chi connectivity index (χ0n) is 8.74. The summed E-state index contributed by atoms with van der Waals surface area (Å²) in [5, 5.41) is 1.97. The second kappa shape index (κ2) is 4.10. The van der Waals surface area contributed by atoms with Crippen molar-refractivity contribution in [3.63, 3.8) is 0 Å². The van der Waals surface area contributed by atoms with Crippen LogP contribution < -0.4 is 4.74 Å². The molecule has 4 heteroatoms. The minimum atomic E-state index is -0.250. The van der Waals surface area contributed by atoms with E-state index in [0.717, 1.165) is 15.2 Å². The van der Waals surface area contributed by atoms with Crippen LogP contribution in [-0.4, -0.2) is 17.2 Å². The van der Waals surface area contributed by atoms with Crippen molar-refractivity contribution in [1.82, 2.24) is 0 Å². The minimum Gasteiger partial charge on any atom is -0.491 e. The molecule has 1 unspecified atom stereocenters. The lowest BCUT2D eigenvalue weighted by Gasteiger charge is -2.21. The minimum absolute atomic E-state index is 0.0925. The zero-order chi connectivity index (χ0) is 12.0. The molecule has 2 nitrogen and oxygen atoms in total. The van der Waals surface area contributed by atoms with E-state index in [-0.39, 0.29) is 10.6 Å². The van der Waals surface area contributed by atoms with Gasteiger partial charge in [-0.05, 0) is 29.0 Å². The quantitative estimate of drug-likeness (QED) is 0.669. The molecule has 0 bridgehead atoms. The van der Waals surface area contributed by atoms with E-state index in [9.17, 15) is 4.79 Å². The lowest BCUT2D eigenvalue weighted by atomic mass is 9.97. The number of ketones is 1. The molecule has 3 rings (SSSR count). The standard InChI is InChI=1S/C13H8Br2O2/c14-9-3-1-2-8-7(9)4-5-11-12(8)13(16)10(15)6-17-11/h1-5,10H,6H2. The Morgan fingerprint density at radius 3 is 2.82 bits per heavy atom. The van der Waals surface area contributed by atoms with Gasteiger partial charge in [0.15, 0.2) is 5.78 Å². The van der Waals surface area contributed by atoms with Gasteiger partial charge in [0.25, 0.3) is 0 Å². The van der Waals surface area contributed by atoms with Crippen LogP contribution in [0.1, 0.15) is 10.4 Å². The molecule has 0 saturated carbocycles. The molecule has 2 aromatic rings. The fourth-order valence-electron chi connectivity index (χ4n) is 2.07. The van der Waals surface area contributed by atoms with Crippen LogP contribution in [0.5, 0.6) is 5.75 Å². The van der Waals surface area contributed by atoms with Gasteiger partial charge >= 0.3 is 0 Å². The molecule has 1 aliphatic rings. The molecule has 17 heavy (non-hydrogen) atoms. The van der Waals surface area contributed by atoms with E-state index in [4.69, 9.17) is 4.74 Å². The highest BCUT2D eigenvalue weighted by Crippen LogP contribution is 2.36. The number of rotatable bonds is 0. The van der Waals surface area contributed by atoms with Gasteiger partial charge in [-0.15, -0.1) is 0 Å². The van der Waals surface area contributed by atoms with Gasteiger partial charge in [-0.25, -0.2) is 0 Å². The van der Waals surface area contributed by atoms with Gasteiger partial charge in [0.2, 0.25) is 0 Å². The van der Waals surface area contributed by atoms with E-state index >= 15 is 0 Å². The maximum absolute atomic E-state index is 12.2. The van der Waals surface area contributed by atoms with Gasteiger partial charge in [0.1, 0.15) is 17.2 Å². The average molecular weight is 356 g/mol. The fraction of sp³-hybridized carbons (Fsp3) is 0.154. The molecule has 0 amide bonds. The number of fused-ring (bicyclic) bond motifs is 3. The van der Waals surface area contributed by atoms with Crippen LogP contribution in [0.4, 0.5) is 0 Å². The van der Waals surface area contributed by atoms with Crippen molar-refractivity contribution in [2.45, 2.75) is 4.83 Å². The number of benzene rings is 2. The number of hydrogen-bond donors (Lipinski definition) is 0. The molecule has 1 atom stereocenters. The van der Waals surface area contributed by atoms with Crippen molar-refractivity contribution in [1.29, 1.82) is 0 Å². The second-order valence-corrected chi connectivity index (χ2v) is 5.88. The summed E-state index contributed by atoms with van der Waals surface area (Å²) in [6.07, 6.45) is 0. The third-order valence-electron chi connectivity index (χ3n) is 2.89. The van der Waals surface area contributed by atoms with Gasteiger partial charge in [-0.3, -0.25) is 4.79 Å². The highest BCUT2D eigenvalue weighted by atomic mass is 79.9. The van der Waals surface area contributed by atoms with Gasteiger partial charge in [-0.2, -0.15) is 0 Å². The molecule has 0 aliphatic carbocycles. The Hall–Kier alpha value is -0.870. The summed E-state index contributed by atoms with van der Waals surface area (Å²) in [4.78, 5) is 11.9. The third-order valence-corrected chi connectivity index (χ3v) is 4.26. The Morgan fingerprint density at radius 2 is 2.00 bits per heavy atom. The molecule has 0 spiro atoms. The van der Waals surface area contributed by atoms with Crippen molar-refractivity contribution in [2.75, 3.05) is 6.61 Å². The second-order valence-electron chi connectivity index (χ2n) is 3.92. The molecule has 1 heterocycles. The van der Waals surface area contributed by atoms with Gasteiger partial charge in [-0.1, -0.05) is 44.0 Å². The van der Waals surface area contributed by atoms with Crippen LogP contribution in [0, 0.1) is 0 Å². The van der Waals surface area contributed by atoms with Crippen LogP contribution in [0.15, 0.2) is 34.8 Å². The first-order chi connectivity index (χ1) is 8.18. The first kappa shape index (κ1) is 11.2. The summed E-state index contributed by atoms with van der Waals surface area (Å²) in [5.74, 6) is 0.770. The largest absolute Gasteiger partial charge is 0.491 e. The number of Topliss-reactive ketones (excluding diaryl/α,β-unsaturated/α-hetero) is 1. The molecule has 0 fully saturated rings. The maximum Gasteiger partial charge on any atom is 0.184 e. The molecule has 86 valence electrons. The smallest absolute Gasteiger partial charge is 0.184 e. The first-order valence-electron chi connectivity index (χ1n) is 5.21. The lowest BCUT2D eigenvalue weighted by Crippen LogP contribution is -2.28. The van der Waals surface area contributed by atoms with E-state index in [2.05, 4.69) is 31.9 Å². The number of carbonyl (C=O) groups excluding carboxylic acids is 1. The van der Waals surface area contributed by atoms with Crippen molar-refractivity contribution in [3.8, 4) is 5.75 Å². The van der Waals surface area contributed by atoms with Crippen LogP contribution in [0.3, 0.4) is 0 Å². The fourth-order valence-corrected chi connectivity index (χ4v) is 2.93. The summed E-state index contributed by atoms with van der Waals surface area (Å²) < 4.78 is 6.56. The van der Waals surface area contributed by atoms with E-state index in [1.165, 1.54) is 0 Å². The number of halogens is 2. The van der Waals surface area contributed by atoms with Crippen molar-refractivity contribution in [2.24, 2.45) is 0 Å². The van der Waals surface area contributed by atoms with E-state index < -0.39 is 0 Å². The van der Waals surface area contributed by atoms with Crippen molar-refractivity contribution in [3.05, 3.63) is 40.4 Å². The monoisotopic (exact) mass is 354 g/mol. The van der Waals surface area contributed by atoms with Crippen LogP contribution in [-0.2, 0) is 0 Å². The van der Waals surface area contributed by atoms with Crippen LogP contribution >= 0.6 is 31.9 Å². The predicted molar refractivity (Wildman–Crippen MR) is 74.2 cm³/mol. The zero-order valence-corrected chi connectivity index (χ0v) is 11.9. The molecule has 0 N–H and O–H groups in total. The Balaban J connectivity index is 2.39. The van der Waals surface area contributed by atoms with Crippen LogP contribution in [0.2, 0.25) is 0 Å². The van der Waals surface area contributed by atoms with Gasteiger partial charge in [0.05, 0.1) is 5.56 Å². The molecule has 0 radical (unpaired) electrons. The molecular formula is C13H8Br2O2. The summed E-state index contributed by atoms with van der Waals surface area (Å²) in [5.41, 5.74) is 0.678. The van der Waals surface area contributed by atoms with Crippen molar-refractivity contribution >= 4 is 48.4 Å². The van der Waals surface area contributed by atoms with Gasteiger partial charge < -0.3 is 4.74 Å². The highest BCUT2D eigenvalue weighted by molar-refractivity contribution is 9.10. The van der Waals surface area contributed by atoms with E-state index in [0.29, 0.717) is 17.9 Å². The normalized spacial score (nSPS) is 18.9. The summed E-state index contributed by atoms with van der Waals surface area (Å²) in [7, 11) is 0. The molecule has 0 saturated heterocycles. The summed E-state index contributed by atoms with van der Waals surface area (Å²) in [6, 6.07) is 9.68. The lowest BCUT2D eigenvalue weighted by molar-refractivity contribution is 0.0948. The molecule has 2 aromatic carbocycles. The van der Waals surface area contributed by atoms with Crippen molar-refractivity contribution < 1.29 is 9.53 Å². The Kier molecular flexibility index (Phi) is 2.71. The van der Waals surface area contributed by atoms with Gasteiger partial charge in [0, 0.05) is 4.47 Å². The van der Waals surface area contributed by atoms with E-state index in [1.807, 2.05) is 30.3 Å². The van der Waals surface area contributed by atoms with E-state index in [1.54, 1.807) is 0 Å². The predicted octanol–water partition coefficient (Wildman–Crippen LogP) is 3.94. The number of alkyl halides is 1. The van der Waals surface area contributed by atoms with Crippen LogP contribution in [0.25, 0.3) is 10.8 Å². The number of ether oxygens (including phenoxy) is 1. The maximum atomic E-state index is 12.2. The Bertz CT molecular complexity index is 622. The average Bonchev–Trinajstić information content (AvgIpc) is 2.34.